The number of hydrogen-bond donors (Lipinski definition) is 2. The third-order valence-corrected chi connectivity index (χ3v) is 11.0. The molecule has 0 unspecified atom stereocenters. The number of ether oxygens (including phenoxy) is 1. The maximum Gasteiger partial charge on any atom is 0.323 e. The summed E-state index contributed by atoms with van der Waals surface area (Å²) >= 11 is 8.21. The van der Waals surface area contributed by atoms with Crippen molar-refractivity contribution in [2.75, 3.05) is 30.9 Å². The Balaban J connectivity index is 1.79. The zero-order chi connectivity index (χ0) is 32.3. The van der Waals surface area contributed by atoms with Gasteiger partial charge in [0.25, 0.3) is 11.5 Å². The Morgan fingerprint density at radius 2 is 1.75 bits per heavy atom. The predicted molar refractivity (Wildman–Crippen MR) is 169 cm³/mol. The van der Waals surface area contributed by atoms with E-state index < -0.39 is 52.4 Å². The second kappa shape index (κ2) is 13.7. The summed E-state index contributed by atoms with van der Waals surface area (Å²) in [5.74, 6) is -3.50. The second-order valence-electron chi connectivity index (χ2n) is 9.23. The molecule has 0 saturated carbocycles. The lowest BCUT2D eigenvalue weighted by Crippen LogP contribution is -2.37. The average Bonchev–Trinajstić information content (AvgIpc) is 3.55. The normalized spacial score (nSPS) is 18.2. The molecule has 1 fully saturated rings. The molecule has 44 heavy (non-hydrogen) atoms. The van der Waals surface area contributed by atoms with Crippen molar-refractivity contribution in [1.29, 1.82) is 0 Å². The van der Waals surface area contributed by atoms with Crippen molar-refractivity contribution in [2.24, 2.45) is 0 Å². The molecule has 1 aromatic carbocycles. The number of aliphatic carboxylic acids is 2. The van der Waals surface area contributed by atoms with Gasteiger partial charge in [-0.15, -0.1) is 11.3 Å². The van der Waals surface area contributed by atoms with Gasteiger partial charge >= 0.3 is 11.9 Å². The van der Waals surface area contributed by atoms with Crippen molar-refractivity contribution >= 4 is 95.5 Å². The highest BCUT2D eigenvalue weighted by atomic mass is 32.2. The van der Waals surface area contributed by atoms with Crippen molar-refractivity contribution in [3.8, 4) is 0 Å². The highest BCUT2D eigenvalue weighted by Crippen LogP contribution is 2.47. The van der Waals surface area contributed by atoms with Gasteiger partial charge < -0.3 is 24.4 Å². The van der Waals surface area contributed by atoms with Crippen molar-refractivity contribution < 1.29 is 42.3 Å². The van der Waals surface area contributed by atoms with Gasteiger partial charge in [-0.2, -0.15) is 0 Å². The van der Waals surface area contributed by atoms with Gasteiger partial charge in [0.2, 0.25) is 0 Å². The van der Waals surface area contributed by atoms with Crippen LogP contribution in [0.5, 0.6) is 0 Å². The number of amides is 1. The maximum atomic E-state index is 13.4. The maximum absolute atomic E-state index is 13.4. The number of carbonyl (C=O) groups excluding carboxylic acids is 1. The first-order valence-corrected chi connectivity index (χ1v) is 17.0. The summed E-state index contributed by atoms with van der Waals surface area (Å²) in [5.41, 5.74) is 0.573. The molecule has 2 N–H and O–H groups in total. The van der Waals surface area contributed by atoms with E-state index >= 15 is 0 Å². The summed E-state index contributed by atoms with van der Waals surface area (Å²) in [5, 5.41) is 19.2. The number of para-hydroxylation sites is 1. The number of thiocarbonyl (C=S) groups is 1. The van der Waals surface area contributed by atoms with E-state index in [4.69, 9.17) is 22.1 Å². The largest absolute Gasteiger partial charge is 0.748 e. The first kappa shape index (κ1) is 33.5. The first-order chi connectivity index (χ1) is 20.7. The van der Waals surface area contributed by atoms with Gasteiger partial charge in [0.1, 0.15) is 37.8 Å². The number of hydrogen-bond acceptors (Lipinski definition) is 13. The fraction of sp³-hybridized carbons (Fsp3) is 0.269. The van der Waals surface area contributed by atoms with Crippen molar-refractivity contribution in [3.63, 3.8) is 0 Å². The first-order valence-electron chi connectivity index (χ1n) is 12.6. The van der Waals surface area contributed by atoms with Gasteiger partial charge in [-0.1, -0.05) is 54.0 Å². The van der Waals surface area contributed by atoms with Crippen LogP contribution < -0.4 is 19.7 Å². The topological polar surface area (TPSA) is 187 Å². The minimum Gasteiger partial charge on any atom is -0.748 e. The Kier molecular flexibility index (Phi) is 10.4. The number of rotatable bonds is 11. The molecule has 4 rings (SSSR count). The average molecular weight is 699 g/mol. The number of methoxy groups -OCH3 is 1. The number of anilines is 1. The number of thioether (sulfide) groups is 2. The smallest absolute Gasteiger partial charge is 0.323 e. The lowest BCUT2D eigenvalue weighted by atomic mass is 10.2. The van der Waals surface area contributed by atoms with Gasteiger partial charge in [0, 0.05) is 17.2 Å². The van der Waals surface area contributed by atoms with Gasteiger partial charge in [0.05, 0.1) is 27.4 Å². The Hall–Kier alpha value is -3.42. The lowest BCUT2D eigenvalue weighted by molar-refractivity contribution is -0.140. The summed E-state index contributed by atoms with van der Waals surface area (Å²) in [7, 11) is -2.95. The van der Waals surface area contributed by atoms with Crippen LogP contribution in [0.15, 0.2) is 56.9 Å². The Morgan fingerprint density at radius 3 is 2.39 bits per heavy atom. The molecule has 0 atom stereocenters. The number of carbonyl (C=O) groups is 3. The van der Waals surface area contributed by atoms with E-state index in [1.807, 2.05) is 29.2 Å². The molecule has 13 nitrogen and oxygen atoms in total. The molecule has 1 aromatic heterocycles. The number of thiazole rings is 1. The van der Waals surface area contributed by atoms with E-state index in [1.54, 1.807) is 19.1 Å². The Labute approximate surface area is 268 Å². The van der Waals surface area contributed by atoms with Crippen LogP contribution in [0.4, 0.5) is 5.69 Å². The second-order valence-corrected chi connectivity index (χ2v) is 14.4. The van der Waals surface area contributed by atoms with Crippen LogP contribution in [-0.4, -0.2) is 80.8 Å². The molecule has 0 aliphatic carbocycles. The monoisotopic (exact) mass is 698 g/mol. The van der Waals surface area contributed by atoms with Gasteiger partial charge in [0.15, 0.2) is 0 Å². The highest BCUT2D eigenvalue weighted by molar-refractivity contribution is 8.30. The number of fused-ring (bicyclic) bond motifs is 1. The standard InChI is InChI=1S/C26H25N3O10S5/c1-14(8-9-16(39-2)24-27(10-5-11-44(36,37)38)15-6-3-4-7-17(15)41-24)20-22(34)28(12-18(30)31)25(42-20)21-23(35)29(13-19(32)33)26(40)43-21/h3-4,6-9H,5,10-13H2,1-2H3,(H,30,31)(H,32,33)(H,36,37,38)/p-1/b9-8+,20-14-,24-16+,25-21-. The molecule has 0 bridgehead atoms. The van der Waals surface area contributed by atoms with Crippen LogP contribution in [0.1, 0.15) is 13.3 Å². The van der Waals surface area contributed by atoms with Crippen LogP contribution in [0.3, 0.4) is 0 Å². The molecule has 234 valence electrons. The van der Waals surface area contributed by atoms with Crippen molar-refractivity contribution in [3.05, 3.63) is 66.8 Å². The summed E-state index contributed by atoms with van der Waals surface area (Å²) in [6, 6.07) is 7.43. The molecule has 18 heteroatoms. The van der Waals surface area contributed by atoms with E-state index in [-0.39, 0.29) is 31.4 Å². The highest BCUT2D eigenvalue weighted by Gasteiger charge is 2.35. The molecule has 2 aliphatic heterocycles. The van der Waals surface area contributed by atoms with Gasteiger partial charge in [-0.05, 0) is 37.1 Å². The van der Waals surface area contributed by atoms with Crippen LogP contribution in [0, 0.1) is 0 Å². The van der Waals surface area contributed by atoms with Gasteiger partial charge in [-0.3, -0.25) is 28.6 Å². The van der Waals surface area contributed by atoms with E-state index in [2.05, 4.69) is 0 Å². The minimum atomic E-state index is -4.40. The zero-order valence-corrected chi connectivity index (χ0v) is 27.1. The molecular formula is C26H24N3O10S5-. The number of benzene rings is 1. The van der Waals surface area contributed by atoms with E-state index in [0.29, 0.717) is 16.4 Å². The van der Waals surface area contributed by atoms with Crippen LogP contribution in [0.25, 0.3) is 10.5 Å². The fourth-order valence-corrected chi connectivity index (χ4v) is 8.45. The van der Waals surface area contributed by atoms with Crippen LogP contribution in [-0.2, 0) is 35.8 Å². The summed E-state index contributed by atoms with van der Waals surface area (Å²) < 4.78 is 40.3. The quantitative estimate of drug-likeness (QED) is 0.193. The number of aromatic nitrogens is 1. The molecule has 1 amide bonds. The van der Waals surface area contributed by atoms with Crippen LogP contribution in [0.2, 0.25) is 0 Å². The molecule has 2 aromatic rings. The lowest BCUT2D eigenvalue weighted by Gasteiger charge is -2.22. The third-order valence-electron chi connectivity index (χ3n) is 6.17. The summed E-state index contributed by atoms with van der Waals surface area (Å²) in [6.07, 6.45) is 3.28. The zero-order valence-electron chi connectivity index (χ0n) is 23.0. The van der Waals surface area contributed by atoms with Crippen LogP contribution >= 0.6 is 47.1 Å². The number of carboxylic acid groups (broad SMARTS) is 2. The van der Waals surface area contributed by atoms with Crippen molar-refractivity contribution in [2.45, 2.75) is 24.8 Å². The Morgan fingerprint density at radius 1 is 1.07 bits per heavy atom. The van der Waals surface area contributed by atoms with Crippen molar-refractivity contribution in [1.82, 2.24) is 9.47 Å². The van der Waals surface area contributed by atoms with E-state index in [9.17, 15) is 37.3 Å². The Bertz CT molecular complexity index is 1910. The number of nitrogens with zero attached hydrogens (tertiary/aromatic N) is 3. The third kappa shape index (κ3) is 7.44. The van der Waals surface area contributed by atoms with Gasteiger partial charge in [-0.25, -0.2) is 8.42 Å². The number of allylic oxidation sites excluding steroid dienone is 2. The van der Waals surface area contributed by atoms with E-state index in [0.717, 1.165) is 43.1 Å². The molecule has 3 heterocycles. The molecule has 2 aliphatic rings. The SMILES string of the molecule is COC(/C=C/C(C)=c1\s/c(=C2\SC(=S)N(CC(=O)O)C2=O)n(CC(=O)O)c1=O)=C1/Sc2ccccc2N1CCCS(=O)(=O)[O-]. The summed E-state index contributed by atoms with van der Waals surface area (Å²) in [4.78, 5) is 52.8. The number of carboxylic acids is 2. The fourth-order valence-electron chi connectivity index (χ4n) is 4.25. The minimum absolute atomic E-state index is 0.0268. The molecule has 0 radical (unpaired) electrons. The molecular weight excluding hydrogens is 675 g/mol. The summed E-state index contributed by atoms with van der Waals surface area (Å²) in [6.45, 7) is 0.438. The predicted octanol–water partition coefficient (Wildman–Crippen LogP) is 1.14. The molecule has 0 spiro atoms. The van der Waals surface area contributed by atoms with E-state index in [1.165, 1.54) is 18.9 Å². The molecule has 1 saturated heterocycles.